The average molecular weight is 373 g/mol. The first-order valence-corrected chi connectivity index (χ1v) is 9.33. The predicted molar refractivity (Wildman–Crippen MR) is 101 cm³/mol. The number of nitrogens with zero attached hydrogens (tertiary/aromatic N) is 1. The van der Waals surface area contributed by atoms with E-state index in [-0.39, 0.29) is 25.2 Å². The zero-order chi connectivity index (χ0) is 19.4. The topological polar surface area (TPSA) is 65.1 Å². The molecule has 1 fully saturated rings. The number of benzene rings is 1. The number of carbonyl (C=O) groups is 2. The van der Waals surface area contributed by atoms with Crippen molar-refractivity contribution in [2.45, 2.75) is 51.2 Å². The maximum Gasteiger partial charge on any atom is 0.189 e. The van der Waals surface area contributed by atoms with Crippen LogP contribution in [-0.4, -0.2) is 43.5 Å². The molecule has 1 aliphatic carbocycles. The fourth-order valence-electron chi connectivity index (χ4n) is 3.72. The first kappa shape index (κ1) is 19.4. The highest BCUT2D eigenvalue weighted by Crippen LogP contribution is 2.41. The van der Waals surface area contributed by atoms with E-state index in [9.17, 15) is 9.59 Å². The van der Waals surface area contributed by atoms with Crippen LogP contribution in [0, 0.1) is 0 Å². The fourth-order valence-corrected chi connectivity index (χ4v) is 3.72. The van der Waals surface area contributed by atoms with Gasteiger partial charge in [0.1, 0.15) is 6.29 Å². The maximum atomic E-state index is 12.2. The van der Waals surface area contributed by atoms with Gasteiger partial charge in [0.05, 0.1) is 25.3 Å². The molecule has 6 heteroatoms. The first-order chi connectivity index (χ1) is 13.0. The van der Waals surface area contributed by atoms with Crippen LogP contribution in [0.15, 0.2) is 30.0 Å². The van der Waals surface area contributed by atoms with Crippen molar-refractivity contribution in [1.82, 2.24) is 4.90 Å². The Morgan fingerprint density at radius 3 is 2.70 bits per heavy atom. The lowest BCUT2D eigenvalue weighted by Crippen LogP contribution is -2.47. The Balaban J connectivity index is 1.87. The number of hydrogen-bond donors (Lipinski definition) is 0. The maximum absolute atomic E-state index is 12.2. The van der Waals surface area contributed by atoms with Crippen molar-refractivity contribution < 1.29 is 23.8 Å². The fraction of sp³-hybridized carbons (Fsp3) is 0.524. The van der Waals surface area contributed by atoms with Crippen molar-refractivity contribution in [1.29, 1.82) is 0 Å². The highest BCUT2D eigenvalue weighted by molar-refractivity contribution is 5.92. The van der Waals surface area contributed by atoms with Crippen LogP contribution in [0.2, 0.25) is 0 Å². The summed E-state index contributed by atoms with van der Waals surface area (Å²) in [6.45, 7) is 4.21. The molecule has 1 aliphatic heterocycles. The van der Waals surface area contributed by atoms with Crippen LogP contribution < -0.4 is 9.47 Å². The molecule has 146 valence electrons. The van der Waals surface area contributed by atoms with Gasteiger partial charge in [-0.3, -0.25) is 4.79 Å². The van der Waals surface area contributed by atoms with Crippen LogP contribution in [0.4, 0.5) is 0 Å². The van der Waals surface area contributed by atoms with Gasteiger partial charge in [-0.1, -0.05) is 6.07 Å². The van der Waals surface area contributed by atoms with Gasteiger partial charge >= 0.3 is 0 Å². The van der Waals surface area contributed by atoms with Gasteiger partial charge < -0.3 is 23.9 Å². The van der Waals surface area contributed by atoms with Crippen LogP contribution in [0.25, 0.3) is 0 Å². The van der Waals surface area contributed by atoms with Crippen molar-refractivity contribution in [3.8, 4) is 11.5 Å². The third-order valence-electron chi connectivity index (χ3n) is 5.52. The van der Waals surface area contributed by atoms with E-state index in [1.165, 1.54) is 6.42 Å². The second kappa shape index (κ2) is 8.13. The lowest BCUT2D eigenvalue weighted by Gasteiger charge is -2.45. The Bertz CT molecular complexity index is 740. The molecule has 27 heavy (non-hydrogen) atoms. The number of hydrogen-bond acceptors (Lipinski definition) is 6. The summed E-state index contributed by atoms with van der Waals surface area (Å²) in [6, 6.07) is 5.63. The second-order valence-corrected chi connectivity index (χ2v) is 7.33. The second-order valence-electron chi connectivity index (χ2n) is 7.33. The summed E-state index contributed by atoms with van der Waals surface area (Å²) in [4.78, 5) is 25.4. The molecule has 0 aromatic heterocycles. The van der Waals surface area contributed by atoms with E-state index in [0.29, 0.717) is 17.9 Å². The minimum Gasteiger partial charge on any atom is -0.493 e. The summed E-state index contributed by atoms with van der Waals surface area (Å²) in [5, 5.41) is 0. The summed E-state index contributed by atoms with van der Waals surface area (Å²) >= 11 is 0. The number of rotatable bonds is 8. The Labute approximate surface area is 160 Å². The number of aldehydes is 1. The predicted octanol–water partition coefficient (Wildman–Crippen LogP) is 3.19. The molecule has 0 radical (unpaired) electrons. The molecule has 0 saturated heterocycles. The smallest absolute Gasteiger partial charge is 0.189 e. The van der Waals surface area contributed by atoms with E-state index < -0.39 is 5.54 Å². The summed E-state index contributed by atoms with van der Waals surface area (Å²) in [5.41, 5.74) is 1.05. The van der Waals surface area contributed by atoms with Crippen LogP contribution in [0.3, 0.4) is 0 Å². The Hall–Kier alpha value is -2.34. The molecule has 1 aromatic carbocycles. The third kappa shape index (κ3) is 4.00. The molecule has 1 aromatic rings. The van der Waals surface area contributed by atoms with Gasteiger partial charge in [0.25, 0.3) is 0 Å². The highest BCUT2D eigenvalue weighted by atomic mass is 16.7. The van der Waals surface area contributed by atoms with Gasteiger partial charge in [-0.15, -0.1) is 0 Å². The number of carbonyl (C=O) groups excluding carboxylic acids is 2. The number of allylic oxidation sites excluding steroid dienone is 2. The monoisotopic (exact) mass is 373 g/mol. The molecule has 1 saturated carbocycles. The standard InChI is InChI=1S/C21H27NO5/c1-15-11-17(24)13-21(2,22(15)9-10-23)16-7-8-19(25-3)20(12-16)27-14-26-18-5-4-6-18/h7-8,10-12,18H,4-6,9,13-14H2,1-3H3. The lowest BCUT2D eigenvalue weighted by molar-refractivity contribution is -0.120. The zero-order valence-corrected chi connectivity index (χ0v) is 16.2. The zero-order valence-electron chi connectivity index (χ0n) is 16.2. The van der Waals surface area contributed by atoms with Crippen molar-refractivity contribution in [2.24, 2.45) is 0 Å². The van der Waals surface area contributed by atoms with Gasteiger partial charge in [-0.05, 0) is 50.8 Å². The number of ketones is 1. The van der Waals surface area contributed by atoms with Crippen molar-refractivity contribution in [3.05, 3.63) is 35.5 Å². The highest BCUT2D eigenvalue weighted by Gasteiger charge is 2.39. The molecule has 1 unspecified atom stereocenters. The van der Waals surface area contributed by atoms with Crippen LogP contribution >= 0.6 is 0 Å². The van der Waals surface area contributed by atoms with Crippen molar-refractivity contribution in [3.63, 3.8) is 0 Å². The summed E-state index contributed by atoms with van der Waals surface area (Å²) in [6.07, 6.45) is 6.39. The Morgan fingerprint density at radius 2 is 2.07 bits per heavy atom. The summed E-state index contributed by atoms with van der Waals surface area (Å²) in [5.74, 6) is 1.22. The van der Waals surface area contributed by atoms with E-state index in [4.69, 9.17) is 14.2 Å². The molecule has 1 heterocycles. The minimum absolute atomic E-state index is 0.0451. The van der Waals surface area contributed by atoms with Gasteiger partial charge in [0.2, 0.25) is 0 Å². The van der Waals surface area contributed by atoms with Crippen LogP contribution in [0.1, 0.15) is 45.1 Å². The van der Waals surface area contributed by atoms with E-state index in [1.54, 1.807) is 13.2 Å². The first-order valence-electron chi connectivity index (χ1n) is 9.33. The van der Waals surface area contributed by atoms with Crippen molar-refractivity contribution >= 4 is 12.1 Å². The van der Waals surface area contributed by atoms with Crippen LogP contribution in [0.5, 0.6) is 11.5 Å². The Morgan fingerprint density at radius 1 is 1.30 bits per heavy atom. The van der Waals surface area contributed by atoms with Crippen molar-refractivity contribution in [2.75, 3.05) is 20.4 Å². The third-order valence-corrected chi connectivity index (χ3v) is 5.52. The van der Waals surface area contributed by atoms with E-state index >= 15 is 0 Å². The quantitative estimate of drug-likeness (QED) is 0.515. The lowest BCUT2D eigenvalue weighted by atomic mass is 9.82. The molecular formula is C21H27NO5. The average Bonchev–Trinajstić information content (AvgIpc) is 2.60. The van der Waals surface area contributed by atoms with Gasteiger partial charge in [0, 0.05) is 18.2 Å². The molecule has 1 atom stereocenters. The minimum atomic E-state index is -0.629. The Kier molecular flexibility index (Phi) is 5.85. The number of methoxy groups -OCH3 is 1. The van der Waals surface area contributed by atoms with E-state index in [1.807, 2.05) is 36.9 Å². The normalized spacial score (nSPS) is 22.9. The molecule has 0 bridgehead atoms. The molecular weight excluding hydrogens is 346 g/mol. The molecule has 0 N–H and O–H groups in total. The van der Waals surface area contributed by atoms with Crippen LogP contribution in [-0.2, 0) is 19.9 Å². The molecule has 0 amide bonds. The van der Waals surface area contributed by atoms with E-state index in [2.05, 4.69) is 0 Å². The molecule has 2 aliphatic rings. The van der Waals surface area contributed by atoms with Gasteiger partial charge in [-0.25, -0.2) is 0 Å². The summed E-state index contributed by atoms with van der Waals surface area (Å²) in [7, 11) is 1.59. The number of ether oxygens (including phenoxy) is 3. The summed E-state index contributed by atoms with van der Waals surface area (Å²) < 4.78 is 16.9. The molecule has 0 spiro atoms. The largest absolute Gasteiger partial charge is 0.493 e. The van der Waals surface area contributed by atoms with E-state index in [0.717, 1.165) is 30.4 Å². The SMILES string of the molecule is COc1ccc(C2(C)CC(=O)C=C(C)N2CC=O)cc1OCOC1CCC1. The van der Waals surface area contributed by atoms with Gasteiger partial charge in [-0.2, -0.15) is 0 Å². The van der Waals surface area contributed by atoms with Gasteiger partial charge in [0.15, 0.2) is 24.1 Å². The molecule has 6 nitrogen and oxygen atoms in total. The molecule has 3 rings (SSSR count).